The van der Waals surface area contributed by atoms with Crippen LogP contribution in [0, 0.1) is 0 Å². The molecule has 1 aromatic heterocycles. The summed E-state index contributed by atoms with van der Waals surface area (Å²) in [7, 11) is 0. The molecule has 1 saturated heterocycles. The van der Waals surface area contributed by atoms with E-state index in [1.165, 1.54) is 0 Å². The summed E-state index contributed by atoms with van der Waals surface area (Å²) in [5.41, 5.74) is 2.85. The van der Waals surface area contributed by atoms with E-state index in [-0.39, 0.29) is 17.9 Å². The molecule has 0 saturated carbocycles. The average Bonchev–Trinajstić information content (AvgIpc) is 3.07. The third-order valence-corrected chi connectivity index (χ3v) is 4.91. The predicted octanol–water partition coefficient (Wildman–Crippen LogP) is 4.20. The van der Waals surface area contributed by atoms with Gasteiger partial charge in [-0.25, -0.2) is 0 Å². The number of rotatable bonds is 3. The van der Waals surface area contributed by atoms with Crippen molar-refractivity contribution in [1.29, 1.82) is 0 Å². The molecule has 2 heterocycles. The van der Waals surface area contributed by atoms with Crippen LogP contribution in [0.15, 0.2) is 59.2 Å². The Balaban J connectivity index is 1.62. The summed E-state index contributed by atoms with van der Waals surface area (Å²) in [5.74, 6) is -0.154. The normalized spacial score (nSPS) is 16.5. The van der Waals surface area contributed by atoms with Crippen LogP contribution in [0.25, 0.3) is 10.9 Å². The van der Waals surface area contributed by atoms with Gasteiger partial charge >= 0.3 is 0 Å². The Morgan fingerprint density at radius 3 is 2.88 bits per heavy atom. The lowest BCUT2D eigenvalue weighted by Crippen LogP contribution is -2.18. The molecular formula is C20H16BrN3O2. The minimum Gasteiger partial charge on any atom is -0.349 e. The first-order chi connectivity index (χ1) is 12.6. The Morgan fingerprint density at radius 1 is 1.19 bits per heavy atom. The number of aromatic nitrogens is 1. The number of hydrogen-bond acceptors (Lipinski definition) is 3. The summed E-state index contributed by atoms with van der Waals surface area (Å²) in [6.45, 7) is 0. The molecule has 26 heavy (non-hydrogen) atoms. The first kappa shape index (κ1) is 16.7. The van der Waals surface area contributed by atoms with Crippen LogP contribution < -0.4 is 10.6 Å². The van der Waals surface area contributed by atoms with Crippen molar-refractivity contribution in [2.24, 2.45) is 0 Å². The van der Waals surface area contributed by atoms with E-state index < -0.39 is 0 Å². The molecule has 130 valence electrons. The molecule has 0 spiro atoms. The lowest BCUT2D eigenvalue weighted by Gasteiger charge is -2.13. The molecule has 3 aromatic rings. The van der Waals surface area contributed by atoms with Gasteiger partial charge in [0.05, 0.1) is 17.1 Å². The van der Waals surface area contributed by atoms with E-state index in [1.54, 1.807) is 12.3 Å². The zero-order chi connectivity index (χ0) is 18.1. The van der Waals surface area contributed by atoms with E-state index in [4.69, 9.17) is 0 Å². The van der Waals surface area contributed by atoms with Gasteiger partial charge in [-0.1, -0.05) is 34.1 Å². The summed E-state index contributed by atoms with van der Waals surface area (Å²) in [6.07, 6.45) is 2.99. The highest BCUT2D eigenvalue weighted by Gasteiger charge is 2.22. The maximum atomic E-state index is 12.8. The lowest BCUT2D eigenvalue weighted by molar-refractivity contribution is -0.119. The number of pyridine rings is 1. The van der Waals surface area contributed by atoms with Crippen LogP contribution >= 0.6 is 15.9 Å². The van der Waals surface area contributed by atoms with Crippen LogP contribution in [0.5, 0.6) is 0 Å². The van der Waals surface area contributed by atoms with Gasteiger partial charge in [-0.2, -0.15) is 0 Å². The molecule has 1 unspecified atom stereocenters. The molecular weight excluding hydrogens is 394 g/mol. The zero-order valence-electron chi connectivity index (χ0n) is 13.8. The van der Waals surface area contributed by atoms with Crippen molar-refractivity contribution < 1.29 is 9.59 Å². The SMILES string of the molecule is O=C1CCC(c2cccc(NC(=O)c3cc(Br)cc4cccnc34)c2)N1. The molecule has 1 aliphatic rings. The third-order valence-electron chi connectivity index (χ3n) is 4.46. The summed E-state index contributed by atoms with van der Waals surface area (Å²) in [4.78, 5) is 28.6. The van der Waals surface area contributed by atoms with Crippen molar-refractivity contribution in [2.45, 2.75) is 18.9 Å². The van der Waals surface area contributed by atoms with Crippen molar-refractivity contribution in [3.8, 4) is 0 Å². The first-order valence-corrected chi connectivity index (χ1v) is 9.14. The fraction of sp³-hybridized carbons (Fsp3) is 0.150. The standard InChI is InChI=1S/C20H16BrN3O2/c21-14-9-13-4-2-8-22-19(13)16(11-14)20(26)23-15-5-1-3-12(10-15)17-6-7-18(25)24-17/h1-5,8-11,17H,6-7H2,(H,23,26)(H,24,25). The largest absolute Gasteiger partial charge is 0.349 e. The van der Waals surface area contributed by atoms with Crippen molar-refractivity contribution >= 4 is 44.3 Å². The number of nitrogens with one attached hydrogen (secondary N) is 2. The minimum atomic E-state index is -0.220. The van der Waals surface area contributed by atoms with Crippen molar-refractivity contribution in [3.63, 3.8) is 0 Å². The molecule has 1 fully saturated rings. The number of benzene rings is 2. The van der Waals surface area contributed by atoms with Gasteiger partial charge in [-0.05, 0) is 42.3 Å². The Hall–Kier alpha value is -2.73. The third kappa shape index (κ3) is 3.32. The van der Waals surface area contributed by atoms with E-state index in [0.29, 0.717) is 23.2 Å². The van der Waals surface area contributed by atoms with Gasteiger partial charge in [0, 0.05) is 28.2 Å². The average molecular weight is 410 g/mol. The second-order valence-electron chi connectivity index (χ2n) is 6.27. The second kappa shape index (κ2) is 6.88. The number of fused-ring (bicyclic) bond motifs is 1. The van der Waals surface area contributed by atoms with Crippen molar-refractivity contribution in [1.82, 2.24) is 10.3 Å². The summed E-state index contributed by atoms with van der Waals surface area (Å²) in [6, 6.07) is 15.1. The number of anilines is 1. The molecule has 4 rings (SSSR count). The Labute approximate surface area is 158 Å². The predicted molar refractivity (Wildman–Crippen MR) is 104 cm³/mol. The topological polar surface area (TPSA) is 71.1 Å². The van der Waals surface area contributed by atoms with Crippen molar-refractivity contribution in [2.75, 3.05) is 5.32 Å². The number of carbonyl (C=O) groups is 2. The lowest BCUT2D eigenvalue weighted by atomic mass is 10.0. The highest BCUT2D eigenvalue weighted by molar-refractivity contribution is 9.10. The molecule has 6 heteroatoms. The van der Waals surface area contributed by atoms with Gasteiger partial charge < -0.3 is 10.6 Å². The van der Waals surface area contributed by atoms with Crippen LogP contribution in [0.4, 0.5) is 5.69 Å². The van der Waals surface area contributed by atoms with Crippen LogP contribution in [0.3, 0.4) is 0 Å². The van der Waals surface area contributed by atoms with Crippen LogP contribution in [0.2, 0.25) is 0 Å². The Morgan fingerprint density at radius 2 is 2.08 bits per heavy atom. The number of halogens is 1. The fourth-order valence-corrected chi connectivity index (χ4v) is 3.70. The number of nitrogens with zero attached hydrogens (tertiary/aromatic N) is 1. The van der Waals surface area contributed by atoms with Crippen LogP contribution in [0.1, 0.15) is 34.8 Å². The van der Waals surface area contributed by atoms with E-state index in [9.17, 15) is 9.59 Å². The van der Waals surface area contributed by atoms with Gasteiger partial charge in [-0.3, -0.25) is 14.6 Å². The van der Waals surface area contributed by atoms with Gasteiger partial charge in [-0.15, -0.1) is 0 Å². The van der Waals surface area contributed by atoms with Gasteiger partial charge in [0.1, 0.15) is 0 Å². The van der Waals surface area contributed by atoms with Gasteiger partial charge in [0.15, 0.2) is 0 Å². The second-order valence-corrected chi connectivity index (χ2v) is 7.18. The van der Waals surface area contributed by atoms with Gasteiger partial charge in [0.2, 0.25) is 5.91 Å². The van der Waals surface area contributed by atoms with Crippen LogP contribution in [-0.2, 0) is 4.79 Å². The quantitative estimate of drug-likeness (QED) is 0.680. The molecule has 0 radical (unpaired) electrons. The summed E-state index contributed by atoms with van der Waals surface area (Å²) >= 11 is 3.45. The molecule has 0 aliphatic carbocycles. The molecule has 2 N–H and O–H groups in total. The summed E-state index contributed by atoms with van der Waals surface area (Å²) < 4.78 is 0.825. The minimum absolute atomic E-state index is 0.00715. The van der Waals surface area contributed by atoms with E-state index >= 15 is 0 Å². The van der Waals surface area contributed by atoms with Crippen molar-refractivity contribution in [3.05, 3.63) is 70.3 Å². The maximum absolute atomic E-state index is 12.8. The zero-order valence-corrected chi connectivity index (χ0v) is 15.4. The molecule has 1 atom stereocenters. The van der Waals surface area contributed by atoms with Gasteiger partial charge in [0.25, 0.3) is 5.91 Å². The Bertz CT molecular complexity index is 1020. The van der Waals surface area contributed by atoms with E-state index in [2.05, 4.69) is 31.5 Å². The molecule has 2 aromatic carbocycles. The van der Waals surface area contributed by atoms with Crippen LogP contribution in [-0.4, -0.2) is 16.8 Å². The van der Waals surface area contributed by atoms with E-state index in [0.717, 1.165) is 21.8 Å². The molecule has 1 aliphatic heterocycles. The highest BCUT2D eigenvalue weighted by Crippen LogP contribution is 2.27. The first-order valence-electron chi connectivity index (χ1n) is 8.35. The molecule has 2 amide bonds. The number of hydrogen-bond donors (Lipinski definition) is 2. The molecule has 5 nitrogen and oxygen atoms in total. The Kier molecular flexibility index (Phi) is 4.42. The summed E-state index contributed by atoms with van der Waals surface area (Å²) in [5, 5.41) is 6.78. The fourth-order valence-electron chi connectivity index (χ4n) is 3.22. The monoisotopic (exact) mass is 409 g/mol. The smallest absolute Gasteiger partial charge is 0.257 e. The number of amides is 2. The van der Waals surface area contributed by atoms with E-state index in [1.807, 2.05) is 42.5 Å². The maximum Gasteiger partial charge on any atom is 0.257 e. The number of carbonyl (C=O) groups excluding carboxylic acids is 2. The highest BCUT2D eigenvalue weighted by atomic mass is 79.9. The molecule has 0 bridgehead atoms.